The summed E-state index contributed by atoms with van der Waals surface area (Å²) in [7, 11) is -2.82. The van der Waals surface area contributed by atoms with Crippen LogP contribution in [0.4, 0.5) is 34.1 Å². The van der Waals surface area contributed by atoms with Crippen molar-refractivity contribution in [2.24, 2.45) is 0 Å². The van der Waals surface area contributed by atoms with Gasteiger partial charge in [-0.25, -0.2) is 0 Å². The first-order chi connectivity index (χ1) is 26.8. The first-order valence-corrected chi connectivity index (χ1v) is 22.2. The second kappa shape index (κ2) is 11.7. The average molecular weight is 739 g/mol. The van der Waals surface area contributed by atoms with Crippen molar-refractivity contribution < 1.29 is 0 Å². The topological polar surface area (TPSA) is 6.48 Å². The molecule has 0 fully saturated rings. The van der Waals surface area contributed by atoms with Crippen molar-refractivity contribution in [3.05, 3.63) is 188 Å². The standard InChI is InChI=1S/C48H31BN2S2Si/c1-2-15-32(16-3-1)50-36-18-5-10-25-44(36)54(45-26-11-6-19-37(45)50)46-27-12-7-20-38(46)51(39-21-8-13-28-47(39)54)33-29-30-35-43(31-33)53-42-24-14-23-41-48(42)49(35)34-17-4-9-22-40(34)52-41/h1-31H. The summed E-state index contributed by atoms with van der Waals surface area (Å²) in [6.45, 7) is 0.235. The molecule has 54 heavy (non-hydrogen) atoms. The van der Waals surface area contributed by atoms with Gasteiger partial charge in [-0.05, 0) is 92.9 Å². The van der Waals surface area contributed by atoms with Crippen molar-refractivity contribution in [2.45, 2.75) is 19.6 Å². The van der Waals surface area contributed by atoms with Crippen molar-refractivity contribution >= 4 is 110 Å². The number of fused-ring (bicyclic) bond motifs is 12. The Morgan fingerprint density at radius 3 is 1.39 bits per heavy atom. The summed E-state index contributed by atoms with van der Waals surface area (Å²) >= 11 is 3.84. The van der Waals surface area contributed by atoms with Gasteiger partial charge in [-0.2, -0.15) is 0 Å². The minimum Gasteiger partial charge on any atom is -0.311 e. The Labute approximate surface area is 325 Å². The summed E-state index contributed by atoms with van der Waals surface area (Å²) in [6.07, 6.45) is 0. The maximum atomic E-state index is 2.55. The molecule has 1 spiro atoms. The summed E-state index contributed by atoms with van der Waals surface area (Å²) in [5, 5.41) is 5.70. The highest BCUT2D eigenvalue weighted by Crippen LogP contribution is 2.45. The smallest absolute Gasteiger partial charge is 0.247 e. The lowest BCUT2D eigenvalue weighted by Gasteiger charge is -2.50. The van der Waals surface area contributed by atoms with Crippen LogP contribution in [0.15, 0.2) is 208 Å². The maximum Gasteiger partial charge on any atom is 0.247 e. The summed E-state index contributed by atoms with van der Waals surface area (Å²) in [4.78, 5) is 10.5. The van der Waals surface area contributed by atoms with E-state index in [-0.39, 0.29) is 6.71 Å². The fourth-order valence-electron chi connectivity index (χ4n) is 9.71. The van der Waals surface area contributed by atoms with Crippen LogP contribution in [0.2, 0.25) is 0 Å². The Hall–Kier alpha value is -5.66. The highest BCUT2D eigenvalue weighted by Gasteiger charge is 2.54. The van der Waals surface area contributed by atoms with Gasteiger partial charge in [0.05, 0.1) is 0 Å². The molecule has 0 aromatic heterocycles. The second-order valence-electron chi connectivity index (χ2n) is 14.4. The van der Waals surface area contributed by atoms with Crippen LogP contribution in [0.25, 0.3) is 0 Å². The Balaban J connectivity index is 1.09. The van der Waals surface area contributed by atoms with Crippen molar-refractivity contribution in [1.82, 2.24) is 0 Å². The first-order valence-electron chi connectivity index (χ1n) is 18.6. The zero-order valence-corrected chi connectivity index (χ0v) is 31.8. The van der Waals surface area contributed by atoms with Crippen LogP contribution in [-0.2, 0) is 0 Å². The molecule has 0 radical (unpaired) electrons. The molecule has 0 bridgehead atoms. The van der Waals surface area contributed by atoms with E-state index in [9.17, 15) is 0 Å². The van der Waals surface area contributed by atoms with Crippen LogP contribution in [-0.4, -0.2) is 14.8 Å². The van der Waals surface area contributed by atoms with Gasteiger partial charge in [-0.1, -0.05) is 156 Å². The molecule has 4 aliphatic rings. The summed E-state index contributed by atoms with van der Waals surface area (Å²) in [5.41, 5.74) is 11.7. The number of benzene rings is 8. The van der Waals surface area contributed by atoms with Gasteiger partial charge in [0.1, 0.15) is 0 Å². The number of rotatable bonds is 2. The molecule has 0 aliphatic carbocycles. The van der Waals surface area contributed by atoms with E-state index < -0.39 is 8.07 Å². The van der Waals surface area contributed by atoms with E-state index in [1.54, 1.807) is 0 Å². The Bertz CT molecular complexity index is 2740. The molecule has 4 heterocycles. The van der Waals surface area contributed by atoms with Crippen molar-refractivity contribution in [2.75, 3.05) is 9.80 Å². The molecule has 0 saturated carbocycles. The van der Waals surface area contributed by atoms with Gasteiger partial charge in [0.25, 0.3) is 0 Å². The average Bonchev–Trinajstić information content (AvgIpc) is 3.24. The lowest BCUT2D eigenvalue weighted by atomic mass is 9.36. The highest BCUT2D eigenvalue weighted by molar-refractivity contribution is 8.01. The molecular formula is C48H31BN2S2Si. The number of nitrogens with zero attached hydrogens (tertiary/aromatic N) is 2. The minimum absolute atomic E-state index is 0.235. The quantitative estimate of drug-likeness (QED) is 0.166. The van der Waals surface area contributed by atoms with E-state index in [2.05, 4.69) is 198 Å². The van der Waals surface area contributed by atoms with E-state index in [1.807, 2.05) is 23.5 Å². The number of anilines is 6. The van der Waals surface area contributed by atoms with Gasteiger partial charge in [-0.15, -0.1) is 0 Å². The molecule has 8 aromatic carbocycles. The Morgan fingerprint density at radius 2 is 0.796 bits per heavy atom. The summed E-state index contributed by atoms with van der Waals surface area (Å²) in [6, 6.07) is 70.9. The molecule has 0 unspecified atom stereocenters. The normalized spacial score (nSPS) is 14.9. The fraction of sp³-hybridized carbons (Fsp3) is 0. The lowest BCUT2D eigenvalue weighted by Crippen LogP contribution is -2.79. The number of hydrogen-bond donors (Lipinski definition) is 0. The zero-order valence-electron chi connectivity index (χ0n) is 29.2. The van der Waals surface area contributed by atoms with Crippen molar-refractivity contribution in [3.63, 3.8) is 0 Å². The van der Waals surface area contributed by atoms with Gasteiger partial charge in [-0.3, -0.25) is 0 Å². The molecule has 8 aromatic rings. The van der Waals surface area contributed by atoms with Crippen LogP contribution in [0.5, 0.6) is 0 Å². The van der Waals surface area contributed by atoms with Crippen LogP contribution >= 0.6 is 23.5 Å². The molecule has 0 atom stereocenters. The molecule has 4 aliphatic heterocycles. The maximum absolute atomic E-state index is 2.82. The van der Waals surface area contributed by atoms with E-state index in [1.165, 1.54) is 90.8 Å². The van der Waals surface area contributed by atoms with Gasteiger partial charge in [0, 0.05) is 53.7 Å². The van der Waals surface area contributed by atoms with Crippen molar-refractivity contribution in [3.8, 4) is 0 Å². The largest absolute Gasteiger partial charge is 0.311 e. The van der Waals surface area contributed by atoms with Crippen LogP contribution in [0, 0.1) is 0 Å². The van der Waals surface area contributed by atoms with Gasteiger partial charge in [0.2, 0.25) is 6.71 Å². The van der Waals surface area contributed by atoms with Crippen molar-refractivity contribution in [1.29, 1.82) is 0 Å². The molecule has 2 nitrogen and oxygen atoms in total. The molecule has 0 amide bonds. The molecule has 0 N–H and O–H groups in total. The number of para-hydroxylation sites is 5. The lowest BCUT2D eigenvalue weighted by molar-refractivity contribution is 1.26. The van der Waals surface area contributed by atoms with Crippen LogP contribution in [0.1, 0.15) is 0 Å². The van der Waals surface area contributed by atoms with Gasteiger partial charge >= 0.3 is 0 Å². The van der Waals surface area contributed by atoms with Crippen LogP contribution < -0.4 is 46.9 Å². The third-order valence-electron chi connectivity index (χ3n) is 11.8. The summed E-state index contributed by atoms with van der Waals surface area (Å²) in [5.74, 6) is 0. The van der Waals surface area contributed by atoms with E-state index in [0.29, 0.717) is 0 Å². The minimum atomic E-state index is -2.82. The predicted octanol–water partition coefficient (Wildman–Crippen LogP) is 8.08. The molecule has 12 rings (SSSR count). The molecule has 252 valence electrons. The SMILES string of the molecule is c1ccc(N2c3ccccc3[Si]3(c4ccccc42)c2ccccc2N(c2ccc4c(c2)Sc2cccc5c2B4c2ccccc2S5)c2ccccc23)cc1. The van der Waals surface area contributed by atoms with E-state index >= 15 is 0 Å². The molecule has 0 saturated heterocycles. The fourth-order valence-corrected chi connectivity index (χ4v) is 17.6. The monoisotopic (exact) mass is 738 g/mol. The van der Waals surface area contributed by atoms with Crippen LogP contribution in [0.3, 0.4) is 0 Å². The van der Waals surface area contributed by atoms with Gasteiger partial charge in [0.15, 0.2) is 8.07 Å². The van der Waals surface area contributed by atoms with E-state index in [0.717, 1.165) is 0 Å². The summed E-state index contributed by atoms with van der Waals surface area (Å²) < 4.78 is 0. The predicted molar refractivity (Wildman–Crippen MR) is 232 cm³/mol. The number of hydrogen-bond acceptors (Lipinski definition) is 4. The first kappa shape index (κ1) is 30.8. The third-order valence-corrected chi connectivity index (χ3v) is 19.0. The van der Waals surface area contributed by atoms with Gasteiger partial charge < -0.3 is 9.80 Å². The Morgan fingerprint density at radius 1 is 0.352 bits per heavy atom. The highest BCUT2D eigenvalue weighted by atomic mass is 32.2. The third kappa shape index (κ3) is 4.11. The Kier molecular flexibility index (Phi) is 6.65. The zero-order chi connectivity index (χ0) is 35.4. The molecule has 6 heteroatoms. The van der Waals surface area contributed by atoms with E-state index in [4.69, 9.17) is 0 Å². The second-order valence-corrected chi connectivity index (χ2v) is 20.2. The molecular weight excluding hydrogens is 708 g/mol.